The van der Waals surface area contributed by atoms with Gasteiger partial charge in [0.05, 0.1) is 0 Å². The molecule has 1 saturated heterocycles. The maximum Gasteiger partial charge on any atom is 0.326 e. The first-order valence-electron chi connectivity index (χ1n) is 9.42. The third-order valence-electron chi connectivity index (χ3n) is 4.65. The van der Waals surface area contributed by atoms with Gasteiger partial charge >= 0.3 is 12.0 Å². The lowest BCUT2D eigenvalue weighted by molar-refractivity contribution is -0.151. The van der Waals surface area contributed by atoms with Crippen molar-refractivity contribution >= 4 is 23.8 Å². The second kappa shape index (κ2) is 9.49. The molecule has 4 amide bonds. The van der Waals surface area contributed by atoms with Gasteiger partial charge in [-0.1, -0.05) is 32.0 Å². The smallest absolute Gasteiger partial charge is 0.326 e. The Balaban J connectivity index is 1.79. The average molecular weight is 407 g/mol. The molecule has 2 rings (SSSR count). The maximum atomic E-state index is 13.5. The third-order valence-corrected chi connectivity index (χ3v) is 4.65. The highest BCUT2D eigenvalue weighted by atomic mass is 19.1. The van der Waals surface area contributed by atoms with Crippen molar-refractivity contribution in [3.8, 4) is 0 Å². The van der Waals surface area contributed by atoms with E-state index in [-0.39, 0.29) is 6.54 Å². The van der Waals surface area contributed by atoms with Gasteiger partial charge in [0.15, 0.2) is 6.61 Å². The summed E-state index contributed by atoms with van der Waals surface area (Å²) >= 11 is 0. The minimum atomic E-state index is -1.06. The van der Waals surface area contributed by atoms with E-state index >= 15 is 0 Å². The van der Waals surface area contributed by atoms with Crippen molar-refractivity contribution in [2.24, 2.45) is 5.92 Å². The van der Waals surface area contributed by atoms with Crippen LogP contribution >= 0.6 is 0 Å². The van der Waals surface area contributed by atoms with Crippen LogP contribution in [0.1, 0.15) is 39.2 Å². The van der Waals surface area contributed by atoms with E-state index in [4.69, 9.17) is 4.74 Å². The normalized spacial score (nSPS) is 18.7. The summed E-state index contributed by atoms with van der Waals surface area (Å²) in [5.41, 5.74) is -0.758. The van der Waals surface area contributed by atoms with Gasteiger partial charge in [0.2, 0.25) is 0 Å². The van der Waals surface area contributed by atoms with Crippen LogP contribution in [0, 0.1) is 11.7 Å². The highest BCUT2D eigenvalue weighted by molar-refractivity contribution is 6.08. The van der Waals surface area contributed by atoms with Crippen molar-refractivity contribution < 1.29 is 28.3 Å². The SMILES string of the molecule is CC(C)CC[C@]1(C)NC(=O)N(CC(=O)OCC(=O)NCc2ccccc2F)C1=O. The maximum absolute atomic E-state index is 13.5. The molecule has 0 aromatic heterocycles. The Morgan fingerprint density at radius 2 is 1.97 bits per heavy atom. The Bertz CT molecular complexity index is 798. The number of benzene rings is 1. The molecule has 1 aromatic rings. The summed E-state index contributed by atoms with van der Waals surface area (Å²) < 4.78 is 18.3. The number of imide groups is 1. The lowest BCUT2D eigenvalue weighted by Crippen LogP contribution is -2.44. The van der Waals surface area contributed by atoms with Crippen LogP contribution in [-0.2, 0) is 25.7 Å². The van der Waals surface area contributed by atoms with Crippen LogP contribution in [0.3, 0.4) is 0 Å². The topological polar surface area (TPSA) is 105 Å². The van der Waals surface area contributed by atoms with E-state index < -0.39 is 48.3 Å². The number of ether oxygens (including phenoxy) is 1. The summed E-state index contributed by atoms with van der Waals surface area (Å²) in [6.45, 7) is 4.42. The quantitative estimate of drug-likeness (QED) is 0.479. The summed E-state index contributed by atoms with van der Waals surface area (Å²) in [4.78, 5) is 49.2. The summed E-state index contributed by atoms with van der Waals surface area (Å²) in [7, 11) is 0. The summed E-state index contributed by atoms with van der Waals surface area (Å²) in [5.74, 6) is -2.10. The predicted molar refractivity (Wildman–Crippen MR) is 102 cm³/mol. The van der Waals surface area contributed by atoms with Crippen molar-refractivity contribution in [2.75, 3.05) is 13.2 Å². The van der Waals surface area contributed by atoms with Crippen LogP contribution in [-0.4, -0.2) is 47.4 Å². The van der Waals surface area contributed by atoms with E-state index in [1.54, 1.807) is 13.0 Å². The van der Waals surface area contributed by atoms with Crippen LogP contribution in [0.2, 0.25) is 0 Å². The fourth-order valence-electron chi connectivity index (χ4n) is 2.84. The van der Waals surface area contributed by atoms with Gasteiger partial charge in [-0.3, -0.25) is 19.3 Å². The van der Waals surface area contributed by atoms with Crippen molar-refractivity contribution in [3.63, 3.8) is 0 Å². The van der Waals surface area contributed by atoms with E-state index in [2.05, 4.69) is 10.6 Å². The van der Waals surface area contributed by atoms with Gasteiger partial charge in [0, 0.05) is 12.1 Å². The molecule has 1 aliphatic heterocycles. The number of nitrogens with zero attached hydrogens (tertiary/aromatic N) is 1. The number of nitrogens with one attached hydrogen (secondary N) is 2. The Morgan fingerprint density at radius 1 is 1.28 bits per heavy atom. The van der Waals surface area contributed by atoms with Crippen LogP contribution in [0.5, 0.6) is 0 Å². The molecular formula is C20H26FN3O5. The number of hydrogen-bond donors (Lipinski definition) is 2. The zero-order valence-corrected chi connectivity index (χ0v) is 16.8. The predicted octanol–water partition coefficient (Wildman–Crippen LogP) is 1.73. The highest BCUT2D eigenvalue weighted by Crippen LogP contribution is 2.24. The summed E-state index contributed by atoms with van der Waals surface area (Å²) in [6.07, 6.45) is 1.20. The van der Waals surface area contributed by atoms with Crippen LogP contribution < -0.4 is 10.6 Å². The van der Waals surface area contributed by atoms with E-state index in [1.165, 1.54) is 18.2 Å². The van der Waals surface area contributed by atoms with Crippen LogP contribution in [0.4, 0.5) is 9.18 Å². The number of carbonyl (C=O) groups is 4. The van der Waals surface area contributed by atoms with Crippen molar-refractivity contribution in [2.45, 2.75) is 45.7 Å². The minimum absolute atomic E-state index is 0.0513. The largest absolute Gasteiger partial charge is 0.454 e. The molecule has 29 heavy (non-hydrogen) atoms. The van der Waals surface area contributed by atoms with Gasteiger partial charge < -0.3 is 15.4 Å². The number of urea groups is 1. The van der Waals surface area contributed by atoms with Gasteiger partial charge in [-0.15, -0.1) is 0 Å². The minimum Gasteiger partial charge on any atom is -0.454 e. The molecule has 158 valence electrons. The summed E-state index contributed by atoms with van der Waals surface area (Å²) in [5, 5.41) is 5.05. The number of rotatable bonds is 9. The lowest BCUT2D eigenvalue weighted by Gasteiger charge is -2.22. The number of carbonyl (C=O) groups excluding carboxylic acids is 4. The number of esters is 1. The Hall–Kier alpha value is -2.97. The first kappa shape index (κ1) is 22.3. The first-order valence-corrected chi connectivity index (χ1v) is 9.42. The lowest BCUT2D eigenvalue weighted by atomic mass is 9.92. The second-order valence-corrected chi connectivity index (χ2v) is 7.61. The van der Waals surface area contributed by atoms with E-state index in [0.717, 1.165) is 11.3 Å². The molecule has 1 aromatic carbocycles. The average Bonchev–Trinajstić information content (AvgIpc) is 2.87. The molecule has 1 aliphatic rings. The molecule has 1 fully saturated rings. The Kier molecular flexibility index (Phi) is 7.30. The Labute approximate surface area is 168 Å². The molecule has 0 unspecified atom stereocenters. The number of halogens is 1. The van der Waals surface area contributed by atoms with E-state index in [9.17, 15) is 23.6 Å². The van der Waals surface area contributed by atoms with Crippen molar-refractivity contribution in [1.29, 1.82) is 0 Å². The molecule has 9 heteroatoms. The molecular weight excluding hydrogens is 381 g/mol. The van der Waals surface area contributed by atoms with Crippen LogP contribution in [0.25, 0.3) is 0 Å². The molecule has 1 heterocycles. The molecule has 0 aliphatic carbocycles. The van der Waals surface area contributed by atoms with Gasteiger partial charge in [-0.25, -0.2) is 9.18 Å². The van der Waals surface area contributed by atoms with Crippen LogP contribution in [0.15, 0.2) is 24.3 Å². The van der Waals surface area contributed by atoms with E-state index in [0.29, 0.717) is 17.9 Å². The number of amides is 4. The fourth-order valence-corrected chi connectivity index (χ4v) is 2.84. The molecule has 0 bridgehead atoms. The monoisotopic (exact) mass is 407 g/mol. The van der Waals surface area contributed by atoms with E-state index in [1.807, 2.05) is 13.8 Å². The summed E-state index contributed by atoms with van der Waals surface area (Å²) in [6, 6.07) is 5.30. The van der Waals surface area contributed by atoms with Crippen molar-refractivity contribution in [1.82, 2.24) is 15.5 Å². The van der Waals surface area contributed by atoms with Gasteiger partial charge in [0.1, 0.15) is 17.9 Å². The molecule has 0 saturated carbocycles. The zero-order chi connectivity index (χ0) is 21.6. The molecule has 1 atom stereocenters. The van der Waals surface area contributed by atoms with Gasteiger partial charge in [0.25, 0.3) is 11.8 Å². The number of hydrogen-bond acceptors (Lipinski definition) is 5. The Morgan fingerprint density at radius 3 is 2.62 bits per heavy atom. The third kappa shape index (κ3) is 6.00. The van der Waals surface area contributed by atoms with Crippen molar-refractivity contribution in [3.05, 3.63) is 35.6 Å². The fraction of sp³-hybridized carbons (Fsp3) is 0.500. The van der Waals surface area contributed by atoms with Gasteiger partial charge in [-0.2, -0.15) is 0 Å². The standard InChI is InChI=1S/C20H26FN3O5/c1-13(2)8-9-20(3)18(27)24(19(28)23-20)11-17(26)29-12-16(25)22-10-14-6-4-5-7-15(14)21/h4-7,13H,8-12H2,1-3H3,(H,22,25)(H,23,28)/t20-/m0/s1. The molecule has 0 radical (unpaired) electrons. The molecule has 0 spiro atoms. The first-order chi connectivity index (χ1) is 13.6. The second-order valence-electron chi connectivity index (χ2n) is 7.61. The highest BCUT2D eigenvalue weighted by Gasteiger charge is 2.48. The zero-order valence-electron chi connectivity index (χ0n) is 16.8. The molecule has 8 nitrogen and oxygen atoms in total. The van der Waals surface area contributed by atoms with Gasteiger partial charge in [-0.05, 0) is 31.7 Å². The molecule has 2 N–H and O–H groups in total.